The van der Waals surface area contributed by atoms with E-state index in [0.717, 1.165) is 13.1 Å². The molecule has 0 aliphatic heterocycles. The van der Waals surface area contributed by atoms with Crippen LogP contribution in [0.1, 0.15) is 26.3 Å². The molecule has 1 unspecified atom stereocenters. The minimum absolute atomic E-state index is 0.372. The minimum atomic E-state index is 0.372. The Kier molecular flexibility index (Phi) is 5.12. The number of alkyl halides is 1. The highest BCUT2D eigenvalue weighted by atomic mass is 35.5. The average Bonchev–Trinajstić information content (AvgIpc) is 2.66. The Hall–Kier alpha value is -0.540. The van der Waals surface area contributed by atoms with Crippen LogP contribution in [0.25, 0.3) is 0 Å². The first-order valence-corrected chi connectivity index (χ1v) is 6.01. The quantitative estimate of drug-likeness (QED) is 0.759. The molecule has 86 valence electrons. The van der Waals surface area contributed by atoms with Crippen LogP contribution in [0.15, 0.2) is 12.4 Å². The maximum Gasteiger partial charge on any atom is 0.0534 e. The van der Waals surface area contributed by atoms with Gasteiger partial charge in [-0.1, -0.05) is 13.8 Å². The summed E-state index contributed by atoms with van der Waals surface area (Å²) >= 11 is 5.88. The van der Waals surface area contributed by atoms with Crippen LogP contribution < -0.4 is 5.32 Å². The van der Waals surface area contributed by atoms with Gasteiger partial charge in [-0.25, -0.2) is 0 Å². The number of nitrogens with zero attached hydrogens (tertiary/aromatic N) is 2. The molecule has 1 aromatic heterocycles. The van der Waals surface area contributed by atoms with Crippen LogP contribution >= 0.6 is 11.6 Å². The Labute approximate surface area is 96.8 Å². The van der Waals surface area contributed by atoms with Crippen LogP contribution in [0.5, 0.6) is 0 Å². The van der Waals surface area contributed by atoms with Gasteiger partial charge in [0.2, 0.25) is 0 Å². The van der Waals surface area contributed by atoms with Crippen molar-refractivity contribution in [1.82, 2.24) is 15.1 Å². The van der Waals surface area contributed by atoms with E-state index in [9.17, 15) is 0 Å². The Balaban J connectivity index is 2.41. The van der Waals surface area contributed by atoms with Gasteiger partial charge in [-0.05, 0) is 12.8 Å². The SMILES string of the molecule is CCn1cc(CNC(CCl)C(C)C)cn1. The van der Waals surface area contributed by atoms with Gasteiger partial charge in [0.15, 0.2) is 0 Å². The summed E-state index contributed by atoms with van der Waals surface area (Å²) in [5, 5.41) is 7.66. The van der Waals surface area contributed by atoms with Crippen molar-refractivity contribution in [2.24, 2.45) is 5.92 Å². The number of aromatic nitrogens is 2. The van der Waals surface area contributed by atoms with E-state index in [4.69, 9.17) is 11.6 Å². The maximum atomic E-state index is 5.88. The highest BCUT2D eigenvalue weighted by molar-refractivity contribution is 6.18. The van der Waals surface area contributed by atoms with Crippen LogP contribution in [0, 0.1) is 5.92 Å². The predicted molar refractivity (Wildman–Crippen MR) is 64.1 cm³/mol. The van der Waals surface area contributed by atoms with E-state index in [2.05, 4.69) is 37.4 Å². The molecule has 0 aromatic carbocycles. The molecule has 0 aliphatic carbocycles. The molecule has 1 aromatic rings. The lowest BCUT2D eigenvalue weighted by atomic mass is 10.1. The molecule has 15 heavy (non-hydrogen) atoms. The molecule has 0 bridgehead atoms. The monoisotopic (exact) mass is 229 g/mol. The standard InChI is InChI=1S/C11H20ClN3/c1-4-15-8-10(7-14-15)6-13-11(5-12)9(2)3/h7-9,11,13H,4-6H2,1-3H3. The number of halogens is 1. The lowest BCUT2D eigenvalue weighted by molar-refractivity contribution is 0.430. The van der Waals surface area contributed by atoms with E-state index in [-0.39, 0.29) is 0 Å². The van der Waals surface area contributed by atoms with Crippen molar-refractivity contribution in [3.63, 3.8) is 0 Å². The first-order chi connectivity index (χ1) is 7.17. The molecule has 3 nitrogen and oxygen atoms in total. The van der Waals surface area contributed by atoms with Crippen LogP contribution in [0.3, 0.4) is 0 Å². The lowest BCUT2D eigenvalue weighted by Gasteiger charge is -2.19. The Morgan fingerprint density at radius 3 is 2.73 bits per heavy atom. The smallest absolute Gasteiger partial charge is 0.0534 e. The summed E-state index contributed by atoms with van der Waals surface area (Å²) in [6.45, 7) is 8.20. The largest absolute Gasteiger partial charge is 0.308 e. The number of hydrogen-bond acceptors (Lipinski definition) is 2. The highest BCUT2D eigenvalue weighted by Crippen LogP contribution is 2.05. The number of rotatable bonds is 6. The van der Waals surface area contributed by atoms with E-state index < -0.39 is 0 Å². The fraction of sp³-hybridized carbons (Fsp3) is 0.727. The summed E-state index contributed by atoms with van der Waals surface area (Å²) in [5.74, 6) is 1.21. The summed E-state index contributed by atoms with van der Waals surface area (Å²) in [4.78, 5) is 0. The van der Waals surface area contributed by atoms with E-state index in [0.29, 0.717) is 17.8 Å². The summed E-state index contributed by atoms with van der Waals surface area (Å²) in [5.41, 5.74) is 1.22. The molecule has 0 fully saturated rings. The van der Waals surface area contributed by atoms with Gasteiger partial charge < -0.3 is 5.32 Å². The fourth-order valence-electron chi connectivity index (χ4n) is 1.39. The molecule has 1 rings (SSSR count). The topological polar surface area (TPSA) is 29.9 Å². The molecule has 1 atom stereocenters. The molecule has 0 saturated heterocycles. The molecule has 0 aliphatic rings. The second kappa shape index (κ2) is 6.13. The van der Waals surface area contributed by atoms with E-state index in [1.54, 1.807) is 0 Å². The third-order valence-electron chi connectivity index (χ3n) is 2.55. The van der Waals surface area contributed by atoms with Gasteiger partial charge in [-0.15, -0.1) is 11.6 Å². The lowest BCUT2D eigenvalue weighted by Crippen LogP contribution is -2.34. The zero-order chi connectivity index (χ0) is 11.3. The first-order valence-electron chi connectivity index (χ1n) is 5.48. The van der Waals surface area contributed by atoms with E-state index in [1.807, 2.05) is 10.9 Å². The Morgan fingerprint density at radius 1 is 1.53 bits per heavy atom. The second-order valence-electron chi connectivity index (χ2n) is 4.09. The van der Waals surface area contributed by atoms with E-state index in [1.165, 1.54) is 5.56 Å². The van der Waals surface area contributed by atoms with E-state index >= 15 is 0 Å². The van der Waals surface area contributed by atoms with Crippen LogP contribution in [-0.4, -0.2) is 21.7 Å². The van der Waals surface area contributed by atoms with Crippen molar-refractivity contribution in [3.05, 3.63) is 18.0 Å². The van der Waals surface area contributed by atoms with Gasteiger partial charge in [-0.2, -0.15) is 5.10 Å². The van der Waals surface area contributed by atoms with Gasteiger partial charge in [0.05, 0.1) is 6.20 Å². The number of hydrogen-bond donors (Lipinski definition) is 1. The summed E-state index contributed by atoms with van der Waals surface area (Å²) in [6, 6.07) is 0.372. The number of aryl methyl sites for hydroxylation is 1. The Bertz CT molecular complexity index is 283. The third-order valence-corrected chi connectivity index (χ3v) is 2.88. The fourth-order valence-corrected chi connectivity index (χ4v) is 1.85. The van der Waals surface area contributed by atoms with Crippen molar-refractivity contribution in [2.75, 3.05) is 5.88 Å². The predicted octanol–water partition coefficient (Wildman–Crippen LogP) is 2.26. The van der Waals surface area contributed by atoms with Crippen LogP contribution in [-0.2, 0) is 13.1 Å². The van der Waals surface area contributed by atoms with Gasteiger partial charge in [0.1, 0.15) is 0 Å². The molecule has 4 heteroatoms. The summed E-state index contributed by atoms with van der Waals surface area (Å²) in [7, 11) is 0. The van der Waals surface area contributed by atoms with Crippen molar-refractivity contribution in [2.45, 2.75) is 39.9 Å². The van der Waals surface area contributed by atoms with Crippen molar-refractivity contribution < 1.29 is 0 Å². The summed E-state index contributed by atoms with van der Waals surface area (Å²) < 4.78 is 1.93. The van der Waals surface area contributed by atoms with Crippen molar-refractivity contribution in [3.8, 4) is 0 Å². The molecule has 1 heterocycles. The zero-order valence-corrected chi connectivity index (χ0v) is 10.5. The normalized spacial score (nSPS) is 13.4. The second-order valence-corrected chi connectivity index (χ2v) is 4.40. The van der Waals surface area contributed by atoms with Crippen LogP contribution in [0.2, 0.25) is 0 Å². The first kappa shape index (κ1) is 12.5. The number of nitrogens with one attached hydrogen (secondary N) is 1. The van der Waals surface area contributed by atoms with Crippen molar-refractivity contribution >= 4 is 11.6 Å². The zero-order valence-electron chi connectivity index (χ0n) is 9.70. The molecule has 0 saturated carbocycles. The maximum absolute atomic E-state index is 5.88. The molecule has 0 spiro atoms. The van der Waals surface area contributed by atoms with Gasteiger partial charge in [0.25, 0.3) is 0 Å². The molecule has 0 amide bonds. The van der Waals surface area contributed by atoms with Gasteiger partial charge >= 0.3 is 0 Å². The minimum Gasteiger partial charge on any atom is -0.308 e. The average molecular weight is 230 g/mol. The molecular formula is C11H20ClN3. The van der Waals surface area contributed by atoms with Gasteiger partial charge in [-0.3, -0.25) is 4.68 Å². The van der Waals surface area contributed by atoms with Crippen LogP contribution in [0.4, 0.5) is 0 Å². The Morgan fingerprint density at radius 2 is 2.27 bits per heavy atom. The third kappa shape index (κ3) is 3.84. The van der Waals surface area contributed by atoms with Crippen molar-refractivity contribution in [1.29, 1.82) is 0 Å². The molecule has 0 radical (unpaired) electrons. The molecular weight excluding hydrogens is 210 g/mol. The van der Waals surface area contributed by atoms with Gasteiger partial charge in [0, 0.05) is 36.8 Å². The molecule has 1 N–H and O–H groups in total. The summed E-state index contributed by atoms with van der Waals surface area (Å²) in [6.07, 6.45) is 3.97. The highest BCUT2D eigenvalue weighted by Gasteiger charge is 2.11.